The lowest BCUT2D eigenvalue weighted by Crippen LogP contribution is -2.48. The molecule has 9 heteroatoms. The topological polar surface area (TPSA) is 49.4 Å². The Morgan fingerprint density at radius 1 is 1.22 bits per heavy atom. The molecule has 4 nitrogen and oxygen atoms in total. The maximum Gasteiger partial charge on any atom is 0.405 e. The lowest BCUT2D eigenvalue weighted by molar-refractivity contribution is -0.140. The van der Waals surface area contributed by atoms with E-state index in [1.54, 1.807) is 0 Å². The molecule has 1 heterocycles. The highest BCUT2D eigenvalue weighted by Gasteiger charge is 2.36. The summed E-state index contributed by atoms with van der Waals surface area (Å²) < 4.78 is 36.6. The van der Waals surface area contributed by atoms with Crippen LogP contribution in [-0.4, -0.2) is 42.0 Å². The van der Waals surface area contributed by atoms with E-state index in [9.17, 15) is 22.8 Å². The van der Waals surface area contributed by atoms with Crippen molar-refractivity contribution in [2.24, 2.45) is 0 Å². The number of carbonyl (C=O) groups excluding carboxylic acids is 2. The lowest BCUT2D eigenvalue weighted by atomic mass is 10.1. The number of amides is 2. The van der Waals surface area contributed by atoms with Gasteiger partial charge in [0.1, 0.15) is 12.6 Å². The average Bonchev–Trinajstić information content (AvgIpc) is 2.91. The van der Waals surface area contributed by atoms with Gasteiger partial charge in [0.15, 0.2) is 0 Å². The van der Waals surface area contributed by atoms with Crippen LogP contribution in [0.3, 0.4) is 0 Å². The molecule has 1 aliphatic heterocycles. The van der Waals surface area contributed by atoms with Crippen molar-refractivity contribution >= 4 is 35.0 Å². The molecule has 23 heavy (non-hydrogen) atoms. The highest BCUT2D eigenvalue weighted by molar-refractivity contribution is 6.35. The van der Waals surface area contributed by atoms with E-state index in [1.807, 2.05) is 5.32 Å². The Bertz CT molecular complexity index is 602. The first-order valence-electron chi connectivity index (χ1n) is 6.79. The van der Waals surface area contributed by atoms with Crippen molar-refractivity contribution < 1.29 is 22.8 Å². The van der Waals surface area contributed by atoms with Gasteiger partial charge in [0.05, 0.1) is 0 Å². The second kappa shape index (κ2) is 6.97. The van der Waals surface area contributed by atoms with E-state index in [4.69, 9.17) is 23.2 Å². The molecule has 0 spiro atoms. The molecule has 0 unspecified atom stereocenters. The van der Waals surface area contributed by atoms with Crippen molar-refractivity contribution in [2.75, 3.05) is 13.1 Å². The Labute approximate surface area is 140 Å². The minimum absolute atomic E-state index is 0.193. The van der Waals surface area contributed by atoms with E-state index in [1.165, 1.54) is 23.1 Å². The summed E-state index contributed by atoms with van der Waals surface area (Å²) in [6, 6.07) is 3.33. The molecule has 0 bridgehead atoms. The highest BCUT2D eigenvalue weighted by Crippen LogP contribution is 2.24. The van der Waals surface area contributed by atoms with E-state index < -0.39 is 30.6 Å². The first-order valence-corrected chi connectivity index (χ1v) is 7.54. The molecule has 126 valence electrons. The Kier molecular flexibility index (Phi) is 5.41. The monoisotopic (exact) mass is 368 g/mol. The quantitative estimate of drug-likeness (QED) is 0.889. The van der Waals surface area contributed by atoms with E-state index >= 15 is 0 Å². The Hall–Kier alpha value is -1.47. The minimum atomic E-state index is -4.50. The number of benzene rings is 1. The number of hydrogen-bond donors (Lipinski definition) is 1. The van der Waals surface area contributed by atoms with Gasteiger partial charge in [-0.25, -0.2) is 0 Å². The zero-order valence-corrected chi connectivity index (χ0v) is 13.3. The fourth-order valence-corrected chi connectivity index (χ4v) is 2.96. The Morgan fingerprint density at radius 2 is 1.83 bits per heavy atom. The standard InChI is InChI=1S/C14H13Cl2F3N2O2/c15-9-4-8(5-10(16)6-9)13(23)21-3-1-2-11(21)12(22)20-7-14(17,18)19/h4-6,11H,1-3,7H2,(H,20,22)/t11-/m0/s1. The van der Waals surface area contributed by atoms with Crippen molar-refractivity contribution in [1.29, 1.82) is 0 Å². The van der Waals surface area contributed by atoms with Crippen LogP contribution in [0, 0.1) is 0 Å². The maximum atomic E-state index is 12.5. The van der Waals surface area contributed by atoms with Crippen LogP contribution in [0.5, 0.6) is 0 Å². The van der Waals surface area contributed by atoms with Gasteiger partial charge < -0.3 is 10.2 Å². The first-order chi connectivity index (χ1) is 10.7. The molecule has 0 radical (unpaired) electrons. The lowest BCUT2D eigenvalue weighted by Gasteiger charge is -2.24. The van der Waals surface area contributed by atoms with Crippen molar-refractivity contribution in [3.63, 3.8) is 0 Å². The van der Waals surface area contributed by atoms with Crippen LogP contribution in [0.25, 0.3) is 0 Å². The normalized spacial score (nSPS) is 18.1. The summed E-state index contributed by atoms with van der Waals surface area (Å²) in [5.74, 6) is -1.31. The van der Waals surface area contributed by atoms with Gasteiger partial charge in [-0.3, -0.25) is 9.59 Å². The van der Waals surface area contributed by atoms with Gasteiger partial charge in [0.25, 0.3) is 5.91 Å². The van der Waals surface area contributed by atoms with Crippen LogP contribution in [0.15, 0.2) is 18.2 Å². The van der Waals surface area contributed by atoms with Crippen LogP contribution >= 0.6 is 23.2 Å². The fraction of sp³-hybridized carbons (Fsp3) is 0.429. The fourth-order valence-electron chi connectivity index (χ4n) is 2.43. The largest absolute Gasteiger partial charge is 0.405 e. The zero-order valence-electron chi connectivity index (χ0n) is 11.8. The number of halogens is 5. The number of rotatable bonds is 3. The second-order valence-corrected chi connectivity index (χ2v) is 6.02. The Morgan fingerprint density at radius 3 is 2.39 bits per heavy atom. The molecule has 1 N–H and O–H groups in total. The predicted molar refractivity (Wildman–Crippen MR) is 79.6 cm³/mol. The van der Waals surface area contributed by atoms with Crippen LogP contribution in [0.1, 0.15) is 23.2 Å². The van der Waals surface area contributed by atoms with E-state index in [0.29, 0.717) is 12.8 Å². The highest BCUT2D eigenvalue weighted by atomic mass is 35.5. The number of nitrogens with one attached hydrogen (secondary N) is 1. The molecule has 0 aromatic heterocycles. The predicted octanol–water partition coefficient (Wildman–Crippen LogP) is 3.28. The van der Waals surface area contributed by atoms with Gasteiger partial charge in [0, 0.05) is 22.2 Å². The average molecular weight is 369 g/mol. The molecule has 1 atom stereocenters. The second-order valence-electron chi connectivity index (χ2n) is 5.15. The number of nitrogens with zero attached hydrogens (tertiary/aromatic N) is 1. The third-order valence-electron chi connectivity index (χ3n) is 3.39. The molecule has 1 saturated heterocycles. The number of alkyl halides is 3. The minimum Gasteiger partial charge on any atom is -0.345 e. The van der Waals surface area contributed by atoms with Gasteiger partial charge in [-0.05, 0) is 31.0 Å². The molecule has 1 aliphatic rings. The van der Waals surface area contributed by atoms with Crippen molar-refractivity contribution in [2.45, 2.75) is 25.1 Å². The molecule has 1 aromatic rings. The number of hydrogen-bond acceptors (Lipinski definition) is 2. The van der Waals surface area contributed by atoms with Crippen molar-refractivity contribution in [3.05, 3.63) is 33.8 Å². The van der Waals surface area contributed by atoms with Crippen LogP contribution in [0.4, 0.5) is 13.2 Å². The molecule has 0 saturated carbocycles. The summed E-state index contributed by atoms with van der Waals surface area (Å²) in [6.07, 6.45) is -3.66. The Balaban J connectivity index is 2.11. The molecule has 0 aliphatic carbocycles. The van der Waals surface area contributed by atoms with Gasteiger partial charge in [-0.2, -0.15) is 13.2 Å². The summed E-state index contributed by atoms with van der Waals surface area (Å²) in [7, 11) is 0. The first kappa shape index (κ1) is 17.9. The van der Waals surface area contributed by atoms with E-state index in [0.717, 1.165) is 0 Å². The maximum absolute atomic E-state index is 12.5. The molecule has 1 aromatic carbocycles. The number of likely N-dealkylation sites (tertiary alicyclic amines) is 1. The van der Waals surface area contributed by atoms with Crippen LogP contribution in [-0.2, 0) is 4.79 Å². The summed E-state index contributed by atoms with van der Waals surface area (Å²) in [4.78, 5) is 25.6. The molecular weight excluding hydrogens is 356 g/mol. The SMILES string of the molecule is O=C(NCC(F)(F)F)[C@@H]1CCCN1C(=O)c1cc(Cl)cc(Cl)c1. The van der Waals surface area contributed by atoms with E-state index in [2.05, 4.69) is 0 Å². The summed E-state index contributed by atoms with van der Waals surface area (Å²) in [5, 5.41) is 2.34. The van der Waals surface area contributed by atoms with Gasteiger partial charge in [-0.15, -0.1) is 0 Å². The smallest absolute Gasteiger partial charge is 0.345 e. The van der Waals surface area contributed by atoms with Crippen LogP contribution in [0.2, 0.25) is 10.0 Å². The van der Waals surface area contributed by atoms with Crippen LogP contribution < -0.4 is 5.32 Å². The molecule has 1 fully saturated rings. The number of carbonyl (C=O) groups is 2. The third-order valence-corrected chi connectivity index (χ3v) is 3.83. The van der Waals surface area contributed by atoms with E-state index in [-0.39, 0.29) is 22.2 Å². The zero-order chi connectivity index (χ0) is 17.2. The third kappa shape index (κ3) is 4.75. The molecular formula is C14H13Cl2F3N2O2. The van der Waals surface area contributed by atoms with Gasteiger partial charge >= 0.3 is 6.18 Å². The van der Waals surface area contributed by atoms with Crippen molar-refractivity contribution in [3.8, 4) is 0 Å². The van der Waals surface area contributed by atoms with Crippen molar-refractivity contribution in [1.82, 2.24) is 10.2 Å². The summed E-state index contributed by atoms with van der Waals surface area (Å²) in [6.45, 7) is -1.14. The summed E-state index contributed by atoms with van der Waals surface area (Å²) in [5.41, 5.74) is 0.193. The molecule has 2 rings (SSSR count). The van der Waals surface area contributed by atoms with Gasteiger partial charge in [-0.1, -0.05) is 23.2 Å². The summed E-state index contributed by atoms with van der Waals surface area (Å²) >= 11 is 11.7. The molecule has 2 amide bonds. The van der Waals surface area contributed by atoms with Gasteiger partial charge in [0.2, 0.25) is 5.91 Å².